The Morgan fingerprint density at radius 3 is 2.50 bits per heavy atom. The zero-order chi connectivity index (χ0) is 24.0. The second kappa shape index (κ2) is 8.02. The molecule has 0 bridgehead atoms. The van der Waals surface area contributed by atoms with Crippen molar-refractivity contribution in [2.75, 3.05) is 0 Å². The number of fused-ring (bicyclic) bond motifs is 1. The van der Waals surface area contributed by atoms with Crippen LogP contribution in [0.2, 0.25) is 0 Å². The van der Waals surface area contributed by atoms with E-state index in [2.05, 4.69) is 30.0 Å². The van der Waals surface area contributed by atoms with Gasteiger partial charge in [0.2, 0.25) is 0 Å². The SMILES string of the molecule is C[C@H](c1ccc(C(F)(F)F)nc1)n1nc(C#N)c2c(=O)[nH]c([C@H]3CC[C@@H]3c3cncnc3)nc21. The first-order chi connectivity index (χ1) is 16.3. The largest absolute Gasteiger partial charge is 0.433 e. The predicted molar refractivity (Wildman–Crippen MR) is 113 cm³/mol. The number of hydrogen-bond acceptors (Lipinski definition) is 7. The minimum absolute atomic E-state index is 0.0388. The molecule has 4 heterocycles. The Bertz CT molecular complexity index is 1450. The van der Waals surface area contributed by atoms with Gasteiger partial charge >= 0.3 is 6.18 Å². The highest BCUT2D eigenvalue weighted by molar-refractivity contribution is 5.80. The summed E-state index contributed by atoms with van der Waals surface area (Å²) in [5.74, 6) is 0.478. The Labute approximate surface area is 190 Å². The molecule has 4 aromatic rings. The first-order valence-electron chi connectivity index (χ1n) is 10.5. The topological polar surface area (TPSA) is 126 Å². The molecule has 34 heavy (non-hydrogen) atoms. The van der Waals surface area contributed by atoms with Crippen molar-refractivity contribution in [1.82, 2.24) is 34.7 Å². The third-order valence-corrected chi connectivity index (χ3v) is 6.25. The van der Waals surface area contributed by atoms with Gasteiger partial charge in [0.05, 0.1) is 6.04 Å². The fourth-order valence-corrected chi connectivity index (χ4v) is 4.28. The lowest BCUT2D eigenvalue weighted by Gasteiger charge is -2.35. The van der Waals surface area contributed by atoms with E-state index in [0.717, 1.165) is 30.7 Å². The van der Waals surface area contributed by atoms with Crippen molar-refractivity contribution < 1.29 is 13.2 Å². The van der Waals surface area contributed by atoms with Crippen LogP contribution in [0.5, 0.6) is 0 Å². The molecule has 12 heteroatoms. The van der Waals surface area contributed by atoms with E-state index in [4.69, 9.17) is 0 Å². The van der Waals surface area contributed by atoms with Crippen LogP contribution in [0.4, 0.5) is 13.2 Å². The molecule has 0 aromatic carbocycles. The van der Waals surface area contributed by atoms with E-state index in [0.29, 0.717) is 11.4 Å². The van der Waals surface area contributed by atoms with E-state index < -0.39 is 23.5 Å². The Hall–Kier alpha value is -4.14. The minimum Gasteiger partial charge on any atom is -0.310 e. The normalized spacial score (nSPS) is 18.9. The van der Waals surface area contributed by atoms with Crippen molar-refractivity contribution in [1.29, 1.82) is 5.26 Å². The lowest BCUT2D eigenvalue weighted by Crippen LogP contribution is -2.27. The summed E-state index contributed by atoms with van der Waals surface area (Å²) in [6.07, 6.45) is 3.15. The quantitative estimate of drug-likeness (QED) is 0.488. The first-order valence-corrected chi connectivity index (χ1v) is 10.5. The predicted octanol–water partition coefficient (Wildman–Crippen LogP) is 3.47. The van der Waals surface area contributed by atoms with Gasteiger partial charge in [0.1, 0.15) is 29.3 Å². The molecule has 1 aliphatic carbocycles. The summed E-state index contributed by atoms with van der Waals surface area (Å²) in [4.78, 5) is 32.0. The van der Waals surface area contributed by atoms with Gasteiger partial charge in [-0.25, -0.2) is 19.6 Å². The number of nitriles is 1. The van der Waals surface area contributed by atoms with Crippen LogP contribution in [0.25, 0.3) is 11.0 Å². The van der Waals surface area contributed by atoms with E-state index in [1.165, 1.54) is 17.1 Å². The van der Waals surface area contributed by atoms with Crippen LogP contribution < -0.4 is 5.56 Å². The van der Waals surface area contributed by atoms with Gasteiger partial charge in [-0.2, -0.15) is 23.5 Å². The molecule has 0 radical (unpaired) electrons. The maximum atomic E-state index is 12.9. The Morgan fingerprint density at radius 1 is 1.18 bits per heavy atom. The standard InChI is InChI=1S/C22H17F3N8O/c1-11(12-2-5-17(29-9-12)22(23,24)25)33-20-18(16(6-26)32-33)21(34)31-19(30-20)15-4-3-14(15)13-7-27-10-28-8-13/h2,5,7-11,14-15H,3-4H2,1H3,(H,30,31,34)/t11-,14-,15+/m1/s1. The molecule has 1 aliphatic rings. The van der Waals surface area contributed by atoms with Crippen LogP contribution in [0.15, 0.2) is 41.8 Å². The van der Waals surface area contributed by atoms with Crippen molar-refractivity contribution in [2.24, 2.45) is 0 Å². The van der Waals surface area contributed by atoms with E-state index >= 15 is 0 Å². The second-order valence-electron chi connectivity index (χ2n) is 8.17. The number of nitrogens with one attached hydrogen (secondary N) is 1. The zero-order valence-corrected chi connectivity index (χ0v) is 17.8. The smallest absolute Gasteiger partial charge is 0.310 e. The molecule has 0 spiro atoms. The average molecular weight is 466 g/mol. The number of nitrogens with zero attached hydrogens (tertiary/aromatic N) is 7. The third kappa shape index (κ3) is 3.59. The lowest BCUT2D eigenvalue weighted by atomic mass is 9.70. The Kier molecular flexibility index (Phi) is 5.11. The summed E-state index contributed by atoms with van der Waals surface area (Å²) < 4.78 is 40.0. The van der Waals surface area contributed by atoms with Crippen molar-refractivity contribution >= 4 is 11.0 Å². The first kappa shape index (κ1) is 21.7. The Morgan fingerprint density at radius 2 is 1.91 bits per heavy atom. The summed E-state index contributed by atoms with van der Waals surface area (Å²) in [6.45, 7) is 1.69. The highest BCUT2D eigenvalue weighted by Crippen LogP contribution is 2.47. The van der Waals surface area contributed by atoms with Gasteiger partial charge in [-0.3, -0.25) is 9.78 Å². The number of aromatic amines is 1. The fourth-order valence-electron chi connectivity index (χ4n) is 4.28. The van der Waals surface area contributed by atoms with Gasteiger partial charge in [-0.05, 0) is 42.9 Å². The molecule has 9 nitrogen and oxygen atoms in total. The molecule has 0 unspecified atom stereocenters. The second-order valence-corrected chi connectivity index (χ2v) is 8.17. The van der Waals surface area contributed by atoms with E-state index in [-0.39, 0.29) is 28.6 Å². The molecule has 172 valence electrons. The maximum absolute atomic E-state index is 12.9. The molecule has 5 rings (SSSR count). The summed E-state index contributed by atoms with van der Waals surface area (Å²) in [5, 5.41) is 13.8. The molecule has 0 saturated heterocycles. The molecule has 4 aromatic heterocycles. The molecule has 0 amide bonds. The van der Waals surface area contributed by atoms with E-state index in [1.807, 2.05) is 6.07 Å². The molecular formula is C22H17F3N8O. The van der Waals surface area contributed by atoms with Gasteiger partial charge in [0, 0.05) is 24.5 Å². The van der Waals surface area contributed by atoms with Gasteiger partial charge < -0.3 is 4.98 Å². The minimum atomic E-state index is -4.55. The van der Waals surface area contributed by atoms with Crippen LogP contribution in [-0.2, 0) is 6.18 Å². The lowest BCUT2D eigenvalue weighted by molar-refractivity contribution is -0.141. The molecule has 1 saturated carbocycles. The Balaban J connectivity index is 1.57. The van der Waals surface area contributed by atoms with Crippen LogP contribution in [-0.4, -0.2) is 34.7 Å². The number of halogens is 3. The number of hydrogen-bond donors (Lipinski definition) is 1. The highest BCUT2D eigenvalue weighted by Gasteiger charge is 2.36. The average Bonchev–Trinajstić information content (AvgIpc) is 3.17. The molecular weight excluding hydrogens is 449 g/mol. The van der Waals surface area contributed by atoms with Gasteiger partial charge in [-0.1, -0.05) is 6.07 Å². The van der Waals surface area contributed by atoms with Crippen molar-refractivity contribution in [3.8, 4) is 6.07 Å². The van der Waals surface area contributed by atoms with Crippen molar-refractivity contribution in [3.05, 3.63) is 75.7 Å². The number of H-pyrrole nitrogens is 1. The van der Waals surface area contributed by atoms with Gasteiger partial charge in [0.15, 0.2) is 11.3 Å². The maximum Gasteiger partial charge on any atom is 0.433 e. The number of pyridine rings is 1. The highest BCUT2D eigenvalue weighted by atomic mass is 19.4. The number of rotatable bonds is 4. The molecule has 1 fully saturated rings. The molecule has 3 atom stereocenters. The summed E-state index contributed by atoms with van der Waals surface area (Å²) >= 11 is 0. The summed E-state index contributed by atoms with van der Waals surface area (Å²) in [7, 11) is 0. The summed E-state index contributed by atoms with van der Waals surface area (Å²) in [6, 6.07) is 3.46. The van der Waals surface area contributed by atoms with E-state index in [1.54, 1.807) is 19.3 Å². The zero-order valence-electron chi connectivity index (χ0n) is 17.8. The van der Waals surface area contributed by atoms with Crippen LogP contribution >= 0.6 is 0 Å². The van der Waals surface area contributed by atoms with E-state index in [9.17, 15) is 23.2 Å². The van der Waals surface area contributed by atoms with Crippen LogP contribution in [0, 0.1) is 11.3 Å². The monoisotopic (exact) mass is 466 g/mol. The van der Waals surface area contributed by atoms with Crippen molar-refractivity contribution in [3.63, 3.8) is 0 Å². The summed E-state index contributed by atoms with van der Waals surface area (Å²) in [5.41, 5.74) is -0.0496. The van der Waals surface area contributed by atoms with Crippen molar-refractivity contribution in [2.45, 2.75) is 43.8 Å². The molecule has 0 aliphatic heterocycles. The molecule has 1 N–H and O–H groups in total. The van der Waals surface area contributed by atoms with Gasteiger partial charge in [-0.15, -0.1) is 0 Å². The fraction of sp³-hybridized carbons (Fsp3) is 0.318. The number of aromatic nitrogens is 7. The number of alkyl halides is 3. The van der Waals surface area contributed by atoms with Gasteiger partial charge in [0.25, 0.3) is 5.56 Å². The third-order valence-electron chi connectivity index (χ3n) is 6.25. The van der Waals surface area contributed by atoms with Crippen LogP contribution in [0.3, 0.4) is 0 Å². The van der Waals surface area contributed by atoms with Crippen LogP contribution in [0.1, 0.15) is 66.0 Å².